The third-order valence-electron chi connectivity index (χ3n) is 2.95. The first-order valence-electron chi connectivity index (χ1n) is 5.72. The van der Waals surface area contributed by atoms with Crippen molar-refractivity contribution >= 4 is 19.5 Å². The lowest BCUT2D eigenvalue weighted by Crippen LogP contribution is -2.26. The van der Waals surface area contributed by atoms with Crippen molar-refractivity contribution in [2.24, 2.45) is 0 Å². The molecule has 0 amide bonds. The first kappa shape index (κ1) is 16.6. The van der Waals surface area contributed by atoms with Crippen molar-refractivity contribution in [1.29, 1.82) is 0 Å². The molecule has 0 saturated heterocycles. The molecule has 0 heterocycles. The van der Waals surface area contributed by atoms with Crippen LogP contribution in [0.1, 0.15) is 6.42 Å². The number of esters is 2. The summed E-state index contributed by atoms with van der Waals surface area (Å²) in [4.78, 5) is 23.7. The van der Waals surface area contributed by atoms with E-state index < -0.39 is 25.2 Å². The Morgan fingerprint density at radius 2 is 1.65 bits per heavy atom. The number of carbonyl (C=O) groups is 2. The van der Waals surface area contributed by atoms with E-state index in [-0.39, 0.29) is 17.6 Å². The summed E-state index contributed by atoms with van der Waals surface area (Å²) >= 11 is 0. The topological polar surface area (TPSA) is 88.1 Å². The molecule has 1 aliphatic carbocycles. The second kappa shape index (κ2) is 6.83. The second-order valence-electron chi connectivity index (χ2n) is 3.86. The second-order valence-corrected chi connectivity index (χ2v) is 6.22. The predicted molar refractivity (Wildman–Crippen MR) is 70.2 cm³/mol. The summed E-state index contributed by atoms with van der Waals surface area (Å²) in [6.45, 7) is 0. The number of hydrogen-bond acceptors (Lipinski definition) is 7. The Kier molecular flexibility index (Phi) is 5.68. The molecule has 0 aromatic carbocycles. The summed E-state index contributed by atoms with van der Waals surface area (Å²) in [5.74, 6) is -1.45. The Morgan fingerprint density at radius 3 is 2.10 bits per heavy atom. The van der Waals surface area contributed by atoms with Crippen LogP contribution in [0.4, 0.5) is 0 Å². The SMILES string of the molecule is COC(=O)C1=C(C(=O)OC)C(P(=O)(OC)OC)C=CC1. The lowest BCUT2D eigenvalue weighted by atomic mass is 9.96. The highest BCUT2D eigenvalue weighted by Gasteiger charge is 2.42. The van der Waals surface area contributed by atoms with Gasteiger partial charge in [0.05, 0.1) is 25.4 Å². The molecule has 0 N–H and O–H groups in total. The van der Waals surface area contributed by atoms with Gasteiger partial charge in [0.25, 0.3) is 0 Å². The van der Waals surface area contributed by atoms with Gasteiger partial charge in [0.2, 0.25) is 0 Å². The maximum Gasteiger partial charge on any atom is 0.341 e. The van der Waals surface area contributed by atoms with Crippen LogP contribution in [0.15, 0.2) is 23.3 Å². The van der Waals surface area contributed by atoms with Crippen molar-refractivity contribution in [3.8, 4) is 0 Å². The molecule has 0 fully saturated rings. The van der Waals surface area contributed by atoms with Gasteiger partial charge in [0, 0.05) is 14.2 Å². The maximum absolute atomic E-state index is 12.5. The molecule has 20 heavy (non-hydrogen) atoms. The van der Waals surface area contributed by atoms with E-state index in [1.165, 1.54) is 34.5 Å². The van der Waals surface area contributed by atoms with E-state index in [1.807, 2.05) is 0 Å². The van der Waals surface area contributed by atoms with E-state index in [4.69, 9.17) is 9.05 Å². The average Bonchev–Trinajstić information content (AvgIpc) is 2.51. The minimum atomic E-state index is -3.62. The van der Waals surface area contributed by atoms with Crippen LogP contribution >= 0.6 is 7.60 Å². The maximum atomic E-state index is 12.5. The first-order valence-corrected chi connectivity index (χ1v) is 7.33. The molecule has 0 bridgehead atoms. The van der Waals surface area contributed by atoms with E-state index in [0.717, 1.165) is 0 Å². The van der Waals surface area contributed by atoms with E-state index >= 15 is 0 Å². The first-order chi connectivity index (χ1) is 9.45. The molecular weight excluding hydrogens is 287 g/mol. The monoisotopic (exact) mass is 304 g/mol. The van der Waals surface area contributed by atoms with E-state index in [0.29, 0.717) is 0 Å². The van der Waals surface area contributed by atoms with Crippen LogP contribution < -0.4 is 0 Å². The molecule has 1 rings (SSSR count). The Bertz CT molecular complexity index is 498. The van der Waals surface area contributed by atoms with Crippen LogP contribution in [0.2, 0.25) is 0 Å². The Balaban J connectivity index is 3.42. The van der Waals surface area contributed by atoms with Gasteiger partial charge in [0.15, 0.2) is 0 Å². The molecule has 7 nitrogen and oxygen atoms in total. The van der Waals surface area contributed by atoms with Crippen LogP contribution in [0.25, 0.3) is 0 Å². The molecule has 8 heteroatoms. The lowest BCUT2D eigenvalue weighted by Gasteiger charge is -2.26. The average molecular weight is 304 g/mol. The lowest BCUT2D eigenvalue weighted by molar-refractivity contribution is -0.139. The number of methoxy groups -OCH3 is 2. The van der Waals surface area contributed by atoms with Gasteiger partial charge in [-0.2, -0.15) is 0 Å². The van der Waals surface area contributed by atoms with E-state index in [1.54, 1.807) is 6.08 Å². The molecule has 0 aromatic heterocycles. The third-order valence-corrected chi connectivity index (χ3v) is 5.08. The summed E-state index contributed by atoms with van der Waals surface area (Å²) < 4.78 is 31.6. The summed E-state index contributed by atoms with van der Waals surface area (Å²) in [5.41, 5.74) is -0.983. The van der Waals surface area contributed by atoms with Crippen molar-refractivity contribution in [2.75, 3.05) is 28.4 Å². The van der Waals surface area contributed by atoms with Gasteiger partial charge in [-0.3, -0.25) is 4.57 Å². The third kappa shape index (κ3) is 3.00. The standard InChI is InChI=1S/C12H17O7P/c1-16-11(13)8-6-5-7-9(10(8)12(14)17-2)20(15,18-3)19-4/h5,7,9H,6H2,1-4H3. The van der Waals surface area contributed by atoms with Crippen LogP contribution in [-0.4, -0.2) is 46.0 Å². The molecule has 112 valence electrons. The number of allylic oxidation sites excluding steroid dienone is 2. The van der Waals surface area contributed by atoms with Crippen molar-refractivity contribution in [2.45, 2.75) is 12.1 Å². The zero-order chi connectivity index (χ0) is 15.3. The van der Waals surface area contributed by atoms with Crippen LogP contribution in [0.3, 0.4) is 0 Å². The minimum absolute atomic E-state index is 0.0612. The molecule has 1 atom stereocenters. The van der Waals surface area contributed by atoms with E-state index in [9.17, 15) is 14.2 Å². The minimum Gasteiger partial charge on any atom is -0.466 e. The molecule has 1 aliphatic rings. The smallest absolute Gasteiger partial charge is 0.341 e. The molecule has 0 radical (unpaired) electrons. The quantitative estimate of drug-likeness (QED) is 0.431. The van der Waals surface area contributed by atoms with Crippen molar-refractivity contribution < 1.29 is 32.7 Å². The van der Waals surface area contributed by atoms with Gasteiger partial charge in [-0.25, -0.2) is 9.59 Å². The molecule has 0 aliphatic heterocycles. The molecule has 1 unspecified atom stereocenters. The van der Waals surface area contributed by atoms with E-state index in [2.05, 4.69) is 9.47 Å². The summed E-state index contributed by atoms with van der Waals surface area (Å²) in [5, 5.41) is 0. The normalized spacial score (nSPS) is 18.9. The molecule has 0 aromatic rings. The summed E-state index contributed by atoms with van der Waals surface area (Å²) in [7, 11) is 1.16. The highest BCUT2D eigenvalue weighted by molar-refractivity contribution is 7.55. The molecular formula is C12H17O7P. The fraction of sp³-hybridized carbons (Fsp3) is 0.500. The Hall–Kier alpha value is -1.43. The summed E-state index contributed by atoms with van der Waals surface area (Å²) in [6.07, 6.45) is 3.29. The zero-order valence-corrected chi connectivity index (χ0v) is 12.6. The molecule has 0 spiro atoms. The summed E-state index contributed by atoms with van der Waals surface area (Å²) in [6, 6.07) is 0. The van der Waals surface area contributed by atoms with Crippen molar-refractivity contribution in [1.82, 2.24) is 0 Å². The number of ether oxygens (including phenoxy) is 2. The Morgan fingerprint density at radius 1 is 1.10 bits per heavy atom. The van der Waals surface area contributed by atoms with Gasteiger partial charge in [0.1, 0.15) is 5.66 Å². The number of carbonyl (C=O) groups excluding carboxylic acids is 2. The fourth-order valence-electron chi connectivity index (χ4n) is 1.94. The number of rotatable bonds is 5. The van der Waals surface area contributed by atoms with Crippen LogP contribution in [-0.2, 0) is 32.7 Å². The van der Waals surface area contributed by atoms with Crippen LogP contribution in [0, 0.1) is 0 Å². The Labute approximate surface area is 117 Å². The van der Waals surface area contributed by atoms with Crippen molar-refractivity contribution in [3.05, 3.63) is 23.3 Å². The number of hydrogen-bond donors (Lipinski definition) is 0. The molecule has 0 saturated carbocycles. The van der Waals surface area contributed by atoms with Gasteiger partial charge in [-0.1, -0.05) is 12.2 Å². The van der Waals surface area contributed by atoms with Crippen molar-refractivity contribution in [3.63, 3.8) is 0 Å². The van der Waals surface area contributed by atoms with Gasteiger partial charge in [-0.15, -0.1) is 0 Å². The fourth-order valence-corrected chi connectivity index (χ4v) is 3.45. The van der Waals surface area contributed by atoms with Gasteiger partial charge in [-0.05, 0) is 6.42 Å². The highest BCUT2D eigenvalue weighted by atomic mass is 31.2. The van der Waals surface area contributed by atoms with Gasteiger partial charge < -0.3 is 18.5 Å². The highest BCUT2D eigenvalue weighted by Crippen LogP contribution is 2.56. The van der Waals surface area contributed by atoms with Crippen LogP contribution in [0.5, 0.6) is 0 Å². The zero-order valence-electron chi connectivity index (χ0n) is 11.7. The van der Waals surface area contributed by atoms with Gasteiger partial charge >= 0.3 is 19.5 Å². The predicted octanol–water partition coefficient (Wildman–Crippen LogP) is 1.44. The largest absolute Gasteiger partial charge is 0.466 e.